The quantitative estimate of drug-likeness (QED) is 0.698. The topological polar surface area (TPSA) is 84.3 Å². The molecule has 0 amide bonds. The number of pyridine rings is 1. The van der Waals surface area contributed by atoms with Crippen LogP contribution in [-0.2, 0) is 18.2 Å². The zero-order chi connectivity index (χ0) is 19.7. The molecule has 0 spiro atoms. The Bertz CT molecular complexity index is 772. The van der Waals surface area contributed by atoms with Gasteiger partial charge >= 0.3 is 0 Å². The lowest BCUT2D eigenvalue weighted by atomic mass is 9.89. The Morgan fingerprint density at radius 2 is 1.54 bits per heavy atom. The zero-order valence-electron chi connectivity index (χ0n) is 16.9. The summed E-state index contributed by atoms with van der Waals surface area (Å²) in [6, 6.07) is 5.86. The number of hydrogen-bond donors (Lipinski definition) is 3. The summed E-state index contributed by atoms with van der Waals surface area (Å²) in [4.78, 5) is 4.80. The van der Waals surface area contributed by atoms with E-state index in [1.807, 2.05) is 64.4 Å². The summed E-state index contributed by atoms with van der Waals surface area (Å²) < 4.78 is 1.87. The number of anilines is 1. The highest BCUT2D eigenvalue weighted by molar-refractivity contribution is 5.65. The molecule has 0 saturated carbocycles. The highest BCUT2D eigenvalue weighted by atomic mass is 16.3. The second-order valence-electron chi connectivity index (χ2n) is 7.23. The molecule has 4 N–H and O–H groups in total. The summed E-state index contributed by atoms with van der Waals surface area (Å²) in [6.45, 7) is 9.83. The summed E-state index contributed by atoms with van der Waals surface area (Å²) >= 11 is 0. The second kappa shape index (κ2) is 7.41. The Kier molecular flexibility index (Phi) is 5.83. The van der Waals surface area contributed by atoms with E-state index in [1.54, 1.807) is 0 Å². The number of nitrogens with zero attached hydrogens (tertiary/aromatic N) is 2. The fraction of sp³-hybridized carbons (Fsp3) is 0.571. The predicted octanol–water partition coefficient (Wildman–Crippen LogP) is 3.99. The molecule has 144 valence electrons. The van der Waals surface area contributed by atoms with Crippen molar-refractivity contribution in [3.05, 3.63) is 35.0 Å². The molecule has 5 heteroatoms. The average molecular weight is 360 g/mol. The molecule has 0 radical (unpaired) electrons. The molecule has 0 aliphatic rings. The van der Waals surface area contributed by atoms with Gasteiger partial charge in [-0.15, -0.1) is 0 Å². The fourth-order valence-electron chi connectivity index (χ4n) is 3.59. The second-order valence-corrected chi connectivity index (χ2v) is 7.23. The van der Waals surface area contributed by atoms with Crippen LogP contribution in [0.3, 0.4) is 0 Å². The third kappa shape index (κ3) is 3.26. The maximum atomic E-state index is 11.0. The maximum absolute atomic E-state index is 11.0. The van der Waals surface area contributed by atoms with Crippen molar-refractivity contribution in [2.24, 2.45) is 7.05 Å². The largest absolute Gasteiger partial charge is 0.385 e. The molecule has 26 heavy (non-hydrogen) atoms. The van der Waals surface area contributed by atoms with E-state index in [1.165, 1.54) is 0 Å². The molecular formula is C21H33N3O2. The van der Waals surface area contributed by atoms with Gasteiger partial charge in [-0.1, -0.05) is 33.8 Å². The van der Waals surface area contributed by atoms with Crippen molar-refractivity contribution < 1.29 is 10.2 Å². The average Bonchev–Trinajstić information content (AvgIpc) is 2.96. The van der Waals surface area contributed by atoms with E-state index in [0.29, 0.717) is 37.2 Å². The Morgan fingerprint density at radius 3 is 2.04 bits per heavy atom. The normalized spacial score (nSPS) is 12.6. The van der Waals surface area contributed by atoms with Crippen molar-refractivity contribution in [2.75, 3.05) is 5.73 Å². The molecule has 0 unspecified atom stereocenters. The third-order valence-electron chi connectivity index (χ3n) is 5.92. The van der Waals surface area contributed by atoms with Gasteiger partial charge in [0.25, 0.3) is 0 Å². The molecule has 0 fully saturated rings. The van der Waals surface area contributed by atoms with Gasteiger partial charge < -0.3 is 20.5 Å². The van der Waals surface area contributed by atoms with Gasteiger partial charge in [0.2, 0.25) is 0 Å². The van der Waals surface area contributed by atoms with Crippen molar-refractivity contribution in [3.8, 4) is 11.4 Å². The van der Waals surface area contributed by atoms with Crippen molar-refractivity contribution in [2.45, 2.75) is 71.5 Å². The Balaban J connectivity index is 2.64. The van der Waals surface area contributed by atoms with E-state index in [0.717, 1.165) is 22.5 Å². The Hall–Kier alpha value is -1.85. The summed E-state index contributed by atoms with van der Waals surface area (Å²) in [6.07, 6.45) is 2.39. The summed E-state index contributed by atoms with van der Waals surface area (Å²) in [5.41, 5.74) is 8.45. The first-order valence-electron chi connectivity index (χ1n) is 9.56. The van der Waals surface area contributed by atoms with Crippen LogP contribution in [0.25, 0.3) is 11.4 Å². The van der Waals surface area contributed by atoms with E-state index in [4.69, 9.17) is 10.7 Å². The number of nitrogen functional groups attached to an aromatic ring is 1. The van der Waals surface area contributed by atoms with Crippen molar-refractivity contribution >= 4 is 5.82 Å². The molecule has 2 heterocycles. The minimum absolute atomic E-state index is 0.552. The molecule has 0 atom stereocenters. The van der Waals surface area contributed by atoms with Gasteiger partial charge in [-0.3, -0.25) is 0 Å². The number of nitrogens with two attached hydrogens (primary N) is 1. The lowest BCUT2D eigenvalue weighted by molar-refractivity contribution is 0.0234. The number of rotatable bonds is 7. The SMILES string of the molecule is CCC(O)(CC)c1cc(-c2ccc(C)c(C(O)(CC)CC)n2)n(C)c1N. The zero-order valence-corrected chi connectivity index (χ0v) is 16.9. The molecule has 0 aliphatic heterocycles. The molecule has 0 aromatic carbocycles. The van der Waals surface area contributed by atoms with Crippen LogP contribution in [0.15, 0.2) is 18.2 Å². The molecule has 2 rings (SSSR count). The van der Waals surface area contributed by atoms with Gasteiger partial charge in [0.1, 0.15) is 11.4 Å². The van der Waals surface area contributed by atoms with Gasteiger partial charge in [-0.05, 0) is 50.3 Å². The van der Waals surface area contributed by atoms with Crippen LogP contribution in [0.4, 0.5) is 5.82 Å². The van der Waals surface area contributed by atoms with Crippen LogP contribution in [0.2, 0.25) is 0 Å². The highest BCUT2D eigenvalue weighted by Crippen LogP contribution is 2.38. The lowest BCUT2D eigenvalue weighted by Crippen LogP contribution is -2.26. The monoisotopic (exact) mass is 359 g/mol. The first kappa shape index (κ1) is 20.5. The van der Waals surface area contributed by atoms with E-state index in [2.05, 4.69) is 0 Å². The van der Waals surface area contributed by atoms with Crippen LogP contribution in [0.5, 0.6) is 0 Å². The lowest BCUT2D eigenvalue weighted by Gasteiger charge is -2.26. The molecule has 0 saturated heterocycles. The molecule has 0 bridgehead atoms. The Morgan fingerprint density at radius 1 is 1.00 bits per heavy atom. The highest BCUT2D eigenvalue weighted by Gasteiger charge is 2.32. The van der Waals surface area contributed by atoms with Crippen LogP contribution in [0, 0.1) is 6.92 Å². The van der Waals surface area contributed by atoms with Crippen LogP contribution in [-0.4, -0.2) is 19.8 Å². The predicted molar refractivity (Wildman–Crippen MR) is 107 cm³/mol. The first-order valence-corrected chi connectivity index (χ1v) is 9.56. The smallest absolute Gasteiger partial charge is 0.109 e. The van der Waals surface area contributed by atoms with Crippen LogP contribution in [0.1, 0.15) is 70.2 Å². The van der Waals surface area contributed by atoms with Crippen molar-refractivity contribution in [3.63, 3.8) is 0 Å². The van der Waals surface area contributed by atoms with Gasteiger partial charge in [0.05, 0.1) is 22.7 Å². The van der Waals surface area contributed by atoms with E-state index < -0.39 is 11.2 Å². The minimum atomic E-state index is -0.943. The molecule has 0 aliphatic carbocycles. The number of hydrogen-bond acceptors (Lipinski definition) is 4. The molecule has 2 aromatic heterocycles. The van der Waals surface area contributed by atoms with Gasteiger partial charge in [-0.25, -0.2) is 4.98 Å². The number of aryl methyl sites for hydroxylation is 1. The van der Waals surface area contributed by atoms with E-state index in [9.17, 15) is 10.2 Å². The van der Waals surface area contributed by atoms with E-state index in [-0.39, 0.29) is 0 Å². The summed E-state index contributed by atoms with van der Waals surface area (Å²) in [7, 11) is 1.88. The van der Waals surface area contributed by atoms with Crippen molar-refractivity contribution in [1.82, 2.24) is 9.55 Å². The summed E-state index contributed by atoms with van der Waals surface area (Å²) in [5, 5.41) is 21.9. The molecule has 5 nitrogen and oxygen atoms in total. The molecule has 2 aromatic rings. The van der Waals surface area contributed by atoms with Gasteiger partial charge in [0.15, 0.2) is 0 Å². The summed E-state index contributed by atoms with van der Waals surface area (Å²) in [5.74, 6) is 0.552. The third-order valence-corrected chi connectivity index (χ3v) is 5.92. The number of aromatic nitrogens is 2. The minimum Gasteiger partial charge on any atom is -0.385 e. The first-order chi connectivity index (χ1) is 12.2. The van der Waals surface area contributed by atoms with Crippen molar-refractivity contribution in [1.29, 1.82) is 0 Å². The Labute approximate surface area is 156 Å². The maximum Gasteiger partial charge on any atom is 0.109 e. The molecular weight excluding hydrogens is 326 g/mol. The van der Waals surface area contributed by atoms with Gasteiger partial charge in [0, 0.05) is 12.6 Å². The van der Waals surface area contributed by atoms with Crippen LogP contribution >= 0.6 is 0 Å². The number of aliphatic hydroxyl groups is 2. The van der Waals surface area contributed by atoms with E-state index >= 15 is 0 Å². The van der Waals surface area contributed by atoms with Crippen LogP contribution < -0.4 is 5.73 Å². The standard InChI is InChI=1S/C21H33N3O2/c1-7-20(25,8-2)15-13-17(24(6)19(15)22)16-12-11-14(5)18(23-16)21(26,9-3)10-4/h11-13,25-26H,7-10,22H2,1-6H3. The fourth-order valence-corrected chi connectivity index (χ4v) is 3.59. The van der Waals surface area contributed by atoms with Gasteiger partial charge in [-0.2, -0.15) is 0 Å².